The highest BCUT2D eigenvalue weighted by atomic mass is 19.4. The van der Waals surface area contributed by atoms with Gasteiger partial charge in [-0.3, -0.25) is 9.48 Å². The molecule has 0 aliphatic heterocycles. The molecule has 33 heavy (non-hydrogen) atoms. The Morgan fingerprint density at radius 2 is 1.82 bits per heavy atom. The van der Waals surface area contributed by atoms with E-state index in [-0.39, 0.29) is 23.6 Å². The summed E-state index contributed by atoms with van der Waals surface area (Å²) in [4.78, 5) is 16.9. The number of fused-ring (bicyclic) bond motifs is 2. The summed E-state index contributed by atoms with van der Waals surface area (Å²) in [5, 5.41) is 12.4. The van der Waals surface area contributed by atoms with Crippen LogP contribution in [0.4, 0.5) is 13.2 Å². The Bertz CT molecular complexity index is 1500. The molecule has 0 saturated carbocycles. The Hall–Kier alpha value is -4.21. The third-order valence-electron chi connectivity index (χ3n) is 5.35. The van der Waals surface area contributed by atoms with Crippen LogP contribution in [-0.4, -0.2) is 30.3 Å². The molecule has 5 rings (SSSR count). The van der Waals surface area contributed by atoms with Crippen molar-refractivity contribution in [3.8, 4) is 11.3 Å². The van der Waals surface area contributed by atoms with Crippen molar-refractivity contribution >= 4 is 22.3 Å². The average molecular weight is 450 g/mol. The van der Waals surface area contributed by atoms with E-state index in [4.69, 9.17) is 0 Å². The molecule has 10 heteroatoms. The van der Waals surface area contributed by atoms with Crippen molar-refractivity contribution in [2.45, 2.75) is 12.7 Å². The Morgan fingerprint density at radius 1 is 1.03 bits per heavy atom. The predicted molar refractivity (Wildman–Crippen MR) is 115 cm³/mol. The van der Waals surface area contributed by atoms with Crippen LogP contribution < -0.4 is 5.32 Å². The van der Waals surface area contributed by atoms with Gasteiger partial charge in [-0.2, -0.15) is 23.4 Å². The first kappa shape index (κ1) is 20.7. The number of carbonyl (C=O) groups excluding carboxylic acids is 1. The first-order valence-corrected chi connectivity index (χ1v) is 10.0. The molecule has 0 aliphatic rings. The largest absolute Gasteiger partial charge is 0.433 e. The molecule has 3 heterocycles. The molecule has 166 valence electrons. The molecule has 7 nitrogen and oxygen atoms in total. The third kappa shape index (κ3) is 3.91. The molecule has 1 amide bonds. The minimum absolute atomic E-state index is 0.0707. The van der Waals surface area contributed by atoms with E-state index in [1.807, 2.05) is 30.3 Å². The SMILES string of the molecule is Cn1nccc1CNC(=O)c1cc2nc(-c3ccc4ccccc4c3)cc(C(F)(F)F)n2n1. The molecule has 0 radical (unpaired) electrons. The molecule has 0 saturated heterocycles. The van der Waals surface area contributed by atoms with Crippen LogP contribution in [0.3, 0.4) is 0 Å². The van der Waals surface area contributed by atoms with E-state index in [9.17, 15) is 18.0 Å². The van der Waals surface area contributed by atoms with Crippen molar-refractivity contribution < 1.29 is 18.0 Å². The van der Waals surface area contributed by atoms with E-state index in [2.05, 4.69) is 20.5 Å². The van der Waals surface area contributed by atoms with Crippen molar-refractivity contribution in [1.82, 2.24) is 29.7 Å². The fourth-order valence-electron chi connectivity index (χ4n) is 3.62. The molecule has 0 bridgehead atoms. The van der Waals surface area contributed by atoms with Crippen LogP contribution in [0.1, 0.15) is 21.9 Å². The number of carbonyl (C=O) groups is 1. The van der Waals surface area contributed by atoms with E-state index >= 15 is 0 Å². The molecule has 0 unspecified atom stereocenters. The van der Waals surface area contributed by atoms with Crippen molar-refractivity contribution in [2.24, 2.45) is 7.05 Å². The van der Waals surface area contributed by atoms with E-state index < -0.39 is 17.8 Å². The Kier molecular flexibility index (Phi) is 4.85. The van der Waals surface area contributed by atoms with Crippen LogP contribution >= 0.6 is 0 Å². The molecule has 0 aliphatic carbocycles. The summed E-state index contributed by atoms with van der Waals surface area (Å²) in [6.45, 7) is 0.158. The van der Waals surface area contributed by atoms with Crippen LogP contribution in [0.5, 0.6) is 0 Å². The van der Waals surface area contributed by atoms with E-state index in [1.54, 1.807) is 36.1 Å². The normalized spacial score (nSPS) is 11.9. The number of halogens is 3. The number of hydrogen-bond donors (Lipinski definition) is 1. The van der Waals surface area contributed by atoms with Crippen LogP contribution in [0.15, 0.2) is 66.9 Å². The zero-order chi connectivity index (χ0) is 23.2. The average Bonchev–Trinajstić information content (AvgIpc) is 3.41. The van der Waals surface area contributed by atoms with Gasteiger partial charge < -0.3 is 5.32 Å². The summed E-state index contributed by atoms with van der Waals surface area (Å²) in [6, 6.07) is 16.8. The third-order valence-corrected chi connectivity index (χ3v) is 5.35. The fraction of sp³-hybridized carbons (Fsp3) is 0.130. The van der Waals surface area contributed by atoms with Crippen molar-refractivity contribution in [3.05, 3.63) is 83.9 Å². The summed E-state index contributed by atoms with van der Waals surface area (Å²) in [7, 11) is 1.72. The smallest absolute Gasteiger partial charge is 0.345 e. The maximum Gasteiger partial charge on any atom is 0.433 e. The minimum atomic E-state index is -4.69. The lowest BCUT2D eigenvalue weighted by Crippen LogP contribution is -2.24. The zero-order valence-electron chi connectivity index (χ0n) is 17.3. The van der Waals surface area contributed by atoms with Gasteiger partial charge in [0.05, 0.1) is 17.9 Å². The van der Waals surface area contributed by atoms with Gasteiger partial charge in [0.2, 0.25) is 0 Å². The maximum absolute atomic E-state index is 13.9. The Balaban J connectivity index is 1.55. The number of aromatic nitrogens is 5. The van der Waals surface area contributed by atoms with Gasteiger partial charge in [-0.05, 0) is 29.0 Å². The molecular weight excluding hydrogens is 433 g/mol. The molecular formula is C23H17F3N6O. The summed E-state index contributed by atoms with van der Waals surface area (Å²) in [6.07, 6.45) is -3.11. The number of nitrogens with one attached hydrogen (secondary N) is 1. The summed E-state index contributed by atoms with van der Waals surface area (Å²) in [5.41, 5.74) is 0.165. The van der Waals surface area contributed by atoms with Gasteiger partial charge in [0.1, 0.15) is 0 Å². The molecule has 0 atom stereocenters. The second kappa shape index (κ2) is 7.73. The molecule has 0 spiro atoms. The van der Waals surface area contributed by atoms with E-state index in [0.29, 0.717) is 10.1 Å². The van der Waals surface area contributed by atoms with Crippen LogP contribution in [0.25, 0.3) is 27.7 Å². The Labute approximate surface area is 185 Å². The lowest BCUT2D eigenvalue weighted by Gasteiger charge is -2.11. The molecule has 2 aromatic carbocycles. The number of aryl methyl sites for hydroxylation is 1. The van der Waals surface area contributed by atoms with Gasteiger partial charge in [-0.15, -0.1) is 0 Å². The summed E-state index contributed by atoms with van der Waals surface area (Å²) in [5.74, 6) is -0.609. The monoisotopic (exact) mass is 450 g/mol. The second-order valence-corrected chi connectivity index (χ2v) is 7.51. The van der Waals surface area contributed by atoms with Gasteiger partial charge in [-0.1, -0.05) is 36.4 Å². The predicted octanol–water partition coefficient (Wildman–Crippen LogP) is 4.23. The summed E-state index contributed by atoms with van der Waals surface area (Å²) < 4.78 is 43.8. The molecule has 1 N–H and O–H groups in total. The van der Waals surface area contributed by atoms with Gasteiger partial charge in [0, 0.05) is 24.9 Å². The van der Waals surface area contributed by atoms with Gasteiger partial charge in [-0.25, -0.2) is 9.50 Å². The van der Waals surface area contributed by atoms with Crippen LogP contribution in [0, 0.1) is 0 Å². The number of amides is 1. The fourth-order valence-corrected chi connectivity index (χ4v) is 3.62. The first-order chi connectivity index (χ1) is 15.8. The minimum Gasteiger partial charge on any atom is -0.345 e. The first-order valence-electron chi connectivity index (χ1n) is 10.0. The molecule has 0 fully saturated rings. The zero-order valence-corrected chi connectivity index (χ0v) is 17.3. The topological polar surface area (TPSA) is 77.1 Å². The standard InChI is InChI=1S/C23H17F3N6O/c1-31-17(8-9-28-31)13-27-22(33)19-12-21-29-18(11-20(23(24,25)26)32(21)30-19)16-7-6-14-4-2-3-5-15(14)10-16/h2-12H,13H2,1H3,(H,27,33). The van der Waals surface area contributed by atoms with Crippen LogP contribution in [-0.2, 0) is 19.8 Å². The number of benzene rings is 2. The lowest BCUT2D eigenvalue weighted by atomic mass is 10.0. The number of alkyl halides is 3. The highest BCUT2D eigenvalue weighted by Gasteiger charge is 2.35. The second-order valence-electron chi connectivity index (χ2n) is 7.51. The number of rotatable bonds is 4. The van der Waals surface area contributed by atoms with Crippen molar-refractivity contribution in [2.75, 3.05) is 0 Å². The van der Waals surface area contributed by atoms with Gasteiger partial charge in [0.25, 0.3) is 5.91 Å². The Morgan fingerprint density at radius 3 is 2.55 bits per heavy atom. The van der Waals surface area contributed by atoms with Crippen molar-refractivity contribution in [3.63, 3.8) is 0 Å². The van der Waals surface area contributed by atoms with E-state index in [1.165, 1.54) is 6.07 Å². The highest BCUT2D eigenvalue weighted by Crippen LogP contribution is 2.33. The van der Waals surface area contributed by atoms with Crippen molar-refractivity contribution in [1.29, 1.82) is 0 Å². The quantitative estimate of drug-likeness (QED) is 0.445. The lowest BCUT2D eigenvalue weighted by molar-refractivity contribution is -0.142. The molecule has 5 aromatic rings. The van der Waals surface area contributed by atoms with Gasteiger partial charge >= 0.3 is 6.18 Å². The number of nitrogens with zero attached hydrogens (tertiary/aromatic N) is 5. The van der Waals surface area contributed by atoms with Gasteiger partial charge in [0.15, 0.2) is 17.0 Å². The maximum atomic E-state index is 13.9. The van der Waals surface area contributed by atoms with Crippen LogP contribution in [0.2, 0.25) is 0 Å². The van der Waals surface area contributed by atoms with E-state index in [0.717, 1.165) is 22.5 Å². The highest BCUT2D eigenvalue weighted by molar-refractivity contribution is 5.93. The number of hydrogen-bond acceptors (Lipinski definition) is 4. The molecule has 3 aromatic heterocycles. The summed E-state index contributed by atoms with van der Waals surface area (Å²) >= 11 is 0.